The highest BCUT2D eigenvalue weighted by Gasteiger charge is 2.21. The second-order valence-corrected chi connectivity index (χ2v) is 5.86. The number of hydrogen-bond donors (Lipinski definition) is 1. The van der Waals surface area contributed by atoms with Gasteiger partial charge in [-0.3, -0.25) is 0 Å². The number of nitrogens with two attached hydrogens (primary N) is 1. The maximum Gasteiger partial charge on any atom is 0.182 e. The first-order valence-electron chi connectivity index (χ1n) is 5.19. The van der Waals surface area contributed by atoms with E-state index in [1.165, 1.54) is 0 Å². The predicted octanol–water partition coefficient (Wildman–Crippen LogP) is 1.21. The molecule has 0 spiro atoms. The van der Waals surface area contributed by atoms with Gasteiger partial charge < -0.3 is 10.5 Å². The normalized spacial score (nSPS) is 13.4. The Hall–Kier alpha value is -1.07. The molecule has 1 aromatic carbocycles. The molecule has 1 rings (SSSR count). The monoisotopic (exact) mass is 243 g/mol. The minimum atomic E-state index is -3.30. The Labute approximate surface area is 96.3 Å². The van der Waals surface area contributed by atoms with Gasteiger partial charge in [-0.1, -0.05) is 0 Å². The van der Waals surface area contributed by atoms with Crippen LogP contribution in [0.1, 0.15) is 13.8 Å². The van der Waals surface area contributed by atoms with Crippen molar-refractivity contribution in [3.05, 3.63) is 24.3 Å². The number of benzene rings is 1. The molecule has 0 aliphatic rings. The Morgan fingerprint density at radius 2 is 1.88 bits per heavy atom. The van der Waals surface area contributed by atoms with Crippen LogP contribution >= 0.6 is 0 Å². The molecule has 0 aliphatic heterocycles. The molecule has 0 saturated carbocycles. The second kappa shape index (κ2) is 5.32. The molecule has 4 nitrogen and oxygen atoms in total. The van der Waals surface area contributed by atoms with E-state index in [0.717, 1.165) is 0 Å². The number of sulfone groups is 1. The highest BCUT2D eigenvalue weighted by atomic mass is 32.2. The number of ether oxygens (including phenoxy) is 1. The largest absolute Gasteiger partial charge is 0.494 e. The van der Waals surface area contributed by atoms with Crippen molar-refractivity contribution in [2.45, 2.75) is 24.0 Å². The fraction of sp³-hybridized carbons (Fsp3) is 0.455. The predicted molar refractivity (Wildman–Crippen MR) is 63.3 cm³/mol. The van der Waals surface area contributed by atoms with Crippen molar-refractivity contribution in [2.24, 2.45) is 5.73 Å². The van der Waals surface area contributed by atoms with E-state index in [2.05, 4.69) is 0 Å². The molecule has 16 heavy (non-hydrogen) atoms. The minimum absolute atomic E-state index is 0.121. The summed E-state index contributed by atoms with van der Waals surface area (Å²) in [5, 5.41) is -0.564. The van der Waals surface area contributed by atoms with E-state index in [4.69, 9.17) is 10.5 Å². The molecular formula is C11H17NO3S. The van der Waals surface area contributed by atoms with Gasteiger partial charge in [-0.25, -0.2) is 8.42 Å². The molecule has 1 unspecified atom stereocenters. The van der Waals surface area contributed by atoms with E-state index in [0.29, 0.717) is 12.4 Å². The van der Waals surface area contributed by atoms with Gasteiger partial charge >= 0.3 is 0 Å². The highest BCUT2D eigenvalue weighted by molar-refractivity contribution is 7.92. The van der Waals surface area contributed by atoms with Gasteiger partial charge in [0.25, 0.3) is 0 Å². The Morgan fingerprint density at radius 3 is 2.31 bits per heavy atom. The first-order chi connectivity index (χ1) is 7.52. The van der Waals surface area contributed by atoms with Crippen LogP contribution in [0.5, 0.6) is 5.75 Å². The average molecular weight is 243 g/mol. The lowest BCUT2D eigenvalue weighted by Gasteiger charge is -2.11. The van der Waals surface area contributed by atoms with E-state index in [-0.39, 0.29) is 11.4 Å². The van der Waals surface area contributed by atoms with Crippen molar-refractivity contribution in [2.75, 3.05) is 13.2 Å². The topological polar surface area (TPSA) is 69.4 Å². The van der Waals surface area contributed by atoms with Crippen molar-refractivity contribution in [3.8, 4) is 5.75 Å². The van der Waals surface area contributed by atoms with E-state index >= 15 is 0 Å². The Morgan fingerprint density at radius 1 is 1.31 bits per heavy atom. The summed E-state index contributed by atoms with van der Waals surface area (Å²) in [6.07, 6.45) is 0. The van der Waals surface area contributed by atoms with Crippen molar-refractivity contribution in [1.82, 2.24) is 0 Å². The lowest BCUT2D eigenvalue weighted by molar-refractivity contribution is 0.340. The van der Waals surface area contributed by atoms with E-state index in [1.807, 2.05) is 6.92 Å². The van der Waals surface area contributed by atoms with Gasteiger partial charge in [0, 0.05) is 6.54 Å². The zero-order valence-corrected chi connectivity index (χ0v) is 10.3. The fourth-order valence-corrected chi connectivity index (χ4v) is 2.48. The summed E-state index contributed by atoms with van der Waals surface area (Å²) in [5.41, 5.74) is 5.37. The Bertz CT molecular complexity index is 425. The van der Waals surface area contributed by atoms with Crippen molar-refractivity contribution < 1.29 is 13.2 Å². The van der Waals surface area contributed by atoms with E-state index in [1.54, 1.807) is 31.2 Å². The quantitative estimate of drug-likeness (QED) is 0.843. The first-order valence-corrected chi connectivity index (χ1v) is 6.73. The van der Waals surface area contributed by atoms with Gasteiger partial charge in [-0.15, -0.1) is 0 Å². The van der Waals surface area contributed by atoms with Crippen LogP contribution in [0.15, 0.2) is 29.2 Å². The van der Waals surface area contributed by atoms with Crippen LogP contribution in [0.25, 0.3) is 0 Å². The van der Waals surface area contributed by atoms with Crippen molar-refractivity contribution in [3.63, 3.8) is 0 Å². The van der Waals surface area contributed by atoms with E-state index < -0.39 is 15.1 Å². The molecule has 0 saturated heterocycles. The van der Waals surface area contributed by atoms with Gasteiger partial charge in [0.15, 0.2) is 9.84 Å². The summed E-state index contributed by atoms with van der Waals surface area (Å²) in [6, 6.07) is 6.40. The van der Waals surface area contributed by atoms with Gasteiger partial charge in [0.1, 0.15) is 5.75 Å². The number of rotatable bonds is 5. The fourth-order valence-electron chi connectivity index (χ4n) is 1.25. The highest BCUT2D eigenvalue weighted by Crippen LogP contribution is 2.19. The smallest absolute Gasteiger partial charge is 0.182 e. The molecule has 2 N–H and O–H groups in total. The zero-order chi connectivity index (χ0) is 12.2. The van der Waals surface area contributed by atoms with Crippen LogP contribution in [0, 0.1) is 0 Å². The molecule has 5 heteroatoms. The summed E-state index contributed by atoms with van der Waals surface area (Å²) in [6.45, 7) is 4.16. The van der Waals surface area contributed by atoms with Crippen LogP contribution in [-0.4, -0.2) is 26.8 Å². The molecule has 0 radical (unpaired) electrons. The zero-order valence-electron chi connectivity index (χ0n) is 9.51. The Kier molecular flexibility index (Phi) is 4.32. The summed E-state index contributed by atoms with van der Waals surface area (Å²) < 4.78 is 29.1. The molecule has 0 aliphatic carbocycles. The van der Waals surface area contributed by atoms with Crippen molar-refractivity contribution >= 4 is 9.84 Å². The van der Waals surface area contributed by atoms with Crippen molar-refractivity contribution in [1.29, 1.82) is 0 Å². The third kappa shape index (κ3) is 2.74. The van der Waals surface area contributed by atoms with Gasteiger partial charge in [0.05, 0.1) is 16.8 Å². The summed E-state index contributed by atoms with van der Waals surface area (Å²) in [4.78, 5) is 0.286. The van der Waals surface area contributed by atoms with Crippen LogP contribution in [-0.2, 0) is 9.84 Å². The molecule has 1 aromatic rings. The van der Waals surface area contributed by atoms with Gasteiger partial charge in [0.2, 0.25) is 0 Å². The molecule has 0 bridgehead atoms. The molecule has 0 aromatic heterocycles. The molecular weight excluding hydrogens is 226 g/mol. The Balaban J connectivity index is 2.97. The van der Waals surface area contributed by atoms with Crippen LogP contribution in [0.4, 0.5) is 0 Å². The SMILES string of the molecule is CCOc1ccc(S(=O)(=O)C(C)CN)cc1. The lowest BCUT2D eigenvalue weighted by Crippen LogP contribution is -2.26. The molecule has 0 heterocycles. The maximum absolute atomic E-state index is 11.9. The molecule has 0 amide bonds. The third-order valence-electron chi connectivity index (χ3n) is 2.32. The standard InChI is InChI=1S/C11H17NO3S/c1-3-15-10-4-6-11(7-5-10)16(13,14)9(2)8-12/h4-7,9H,3,8,12H2,1-2H3. The molecule has 1 atom stereocenters. The van der Waals surface area contributed by atoms with Gasteiger partial charge in [-0.2, -0.15) is 0 Å². The van der Waals surface area contributed by atoms with E-state index in [9.17, 15) is 8.42 Å². The number of hydrogen-bond acceptors (Lipinski definition) is 4. The van der Waals surface area contributed by atoms with Crippen LogP contribution in [0.2, 0.25) is 0 Å². The lowest BCUT2D eigenvalue weighted by atomic mass is 10.3. The summed E-state index contributed by atoms with van der Waals surface area (Å²) >= 11 is 0. The van der Waals surface area contributed by atoms with Crippen LogP contribution in [0.3, 0.4) is 0 Å². The molecule has 0 fully saturated rings. The first kappa shape index (κ1) is 13.0. The molecule has 90 valence electrons. The third-order valence-corrected chi connectivity index (χ3v) is 4.51. The maximum atomic E-state index is 11.9. The summed E-state index contributed by atoms with van der Waals surface area (Å²) in [5.74, 6) is 0.668. The average Bonchev–Trinajstić information content (AvgIpc) is 2.29. The second-order valence-electron chi connectivity index (χ2n) is 3.50. The van der Waals surface area contributed by atoms with Gasteiger partial charge in [-0.05, 0) is 38.1 Å². The summed E-state index contributed by atoms with van der Waals surface area (Å²) in [7, 11) is -3.30. The van der Waals surface area contributed by atoms with Crippen LogP contribution < -0.4 is 10.5 Å². The minimum Gasteiger partial charge on any atom is -0.494 e.